The maximum absolute atomic E-state index is 5.88. The van der Waals surface area contributed by atoms with Crippen LogP contribution in [0.15, 0.2) is 48.5 Å². The fourth-order valence-corrected chi connectivity index (χ4v) is 2.80. The fraction of sp³-hybridized carbons (Fsp3) is 0.368. The van der Waals surface area contributed by atoms with E-state index in [1.807, 2.05) is 36.4 Å². The molecule has 2 rings (SSSR count). The quantitative estimate of drug-likeness (QED) is 0.817. The molecule has 1 unspecified atom stereocenters. The molecule has 22 heavy (non-hydrogen) atoms. The maximum Gasteiger partial charge on any atom is 0.127 e. The molecule has 3 nitrogen and oxygen atoms in total. The average Bonchev–Trinajstić information content (AvgIpc) is 2.53. The number of rotatable bonds is 7. The van der Waals surface area contributed by atoms with Crippen LogP contribution in [0.4, 0.5) is 0 Å². The number of ether oxygens (including phenoxy) is 1. The zero-order chi connectivity index (χ0) is 15.9. The van der Waals surface area contributed by atoms with Crippen LogP contribution in [0.1, 0.15) is 30.4 Å². The van der Waals surface area contributed by atoms with Crippen LogP contribution >= 0.6 is 0 Å². The molecule has 0 amide bonds. The van der Waals surface area contributed by atoms with Gasteiger partial charge < -0.3 is 16.2 Å². The summed E-state index contributed by atoms with van der Waals surface area (Å²) in [6, 6.07) is 16.1. The van der Waals surface area contributed by atoms with Crippen LogP contribution in [0, 0.1) is 12.8 Å². The van der Waals surface area contributed by atoms with Crippen LogP contribution in [0.25, 0.3) is 0 Å². The molecule has 0 saturated carbocycles. The third kappa shape index (κ3) is 4.33. The van der Waals surface area contributed by atoms with Crippen LogP contribution in [-0.2, 0) is 0 Å². The van der Waals surface area contributed by atoms with E-state index in [-0.39, 0.29) is 0 Å². The molecular formula is C19H26N2O. The van der Waals surface area contributed by atoms with E-state index in [1.165, 1.54) is 11.1 Å². The summed E-state index contributed by atoms with van der Waals surface area (Å²) in [7, 11) is 0. The highest BCUT2D eigenvalue weighted by atomic mass is 16.5. The van der Waals surface area contributed by atoms with Crippen molar-refractivity contribution in [2.75, 3.05) is 13.1 Å². The Morgan fingerprint density at radius 2 is 1.64 bits per heavy atom. The predicted octanol–water partition coefficient (Wildman–Crippen LogP) is 3.81. The fourth-order valence-electron chi connectivity index (χ4n) is 2.80. The van der Waals surface area contributed by atoms with Crippen molar-refractivity contribution >= 4 is 0 Å². The summed E-state index contributed by atoms with van der Waals surface area (Å²) >= 11 is 0. The minimum absolute atomic E-state index is 0.384. The molecule has 3 heteroatoms. The Bertz CT molecular complexity index is 579. The highest BCUT2D eigenvalue weighted by Gasteiger charge is 2.14. The first kappa shape index (κ1) is 16.5. The first-order chi connectivity index (χ1) is 10.6. The molecular weight excluding hydrogens is 272 g/mol. The van der Waals surface area contributed by atoms with Gasteiger partial charge in [0.2, 0.25) is 0 Å². The Hall–Kier alpha value is -1.84. The monoisotopic (exact) mass is 298 g/mol. The number of nitrogens with two attached hydrogens (primary N) is 2. The molecule has 0 fully saturated rings. The van der Waals surface area contributed by atoms with E-state index in [2.05, 4.69) is 26.0 Å². The second kappa shape index (κ2) is 7.97. The van der Waals surface area contributed by atoms with Gasteiger partial charge in [0.15, 0.2) is 0 Å². The topological polar surface area (TPSA) is 61.3 Å². The van der Waals surface area contributed by atoms with Crippen molar-refractivity contribution in [1.29, 1.82) is 0 Å². The summed E-state index contributed by atoms with van der Waals surface area (Å²) in [5.74, 6) is 2.56. The number of benzene rings is 2. The summed E-state index contributed by atoms with van der Waals surface area (Å²) in [6.07, 6.45) is 1.02. The molecule has 0 saturated heterocycles. The largest absolute Gasteiger partial charge is 0.457 e. The van der Waals surface area contributed by atoms with Gasteiger partial charge in [0, 0.05) is 0 Å². The second-order valence-electron chi connectivity index (χ2n) is 5.91. The molecule has 0 heterocycles. The van der Waals surface area contributed by atoms with Gasteiger partial charge in [-0.05, 0) is 73.7 Å². The molecule has 118 valence electrons. The summed E-state index contributed by atoms with van der Waals surface area (Å²) in [5, 5.41) is 0. The lowest BCUT2D eigenvalue weighted by Crippen LogP contribution is -2.24. The first-order valence-electron chi connectivity index (χ1n) is 7.87. The lowest BCUT2D eigenvalue weighted by Gasteiger charge is -2.20. The van der Waals surface area contributed by atoms with Crippen LogP contribution in [-0.4, -0.2) is 13.1 Å². The molecule has 0 aliphatic rings. The van der Waals surface area contributed by atoms with Gasteiger partial charge in [0.25, 0.3) is 0 Å². The lowest BCUT2D eigenvalue weighted by molar-refractivity contribution is 0.462. The normalized spacial score (nSPS) is 12.4. The van der Waals surface area contributed by atoms with Crippen molar-refractivity contribution in [2.45, 2.75) is 26.2 Å². The van der Waals surface area contributed by atoms with E-state index in [0.29, 0.717) is 24.9 Å². The molecule has 1 atom stereocenters. The van der Waals surface area contributed by atoms with Crippen molar-refractivity contribution in [3.8, 4) is 11.5 Å². The van der Waals surface area contributed by atoms with Gasteiger partial charge in [-0.15, -0.1) is 0 Å². The highest BCUT2D eigenvalue weighted by molar-refractivity contribution is 5.39. The molecule has 0 aliphatic heterocycles. The molecule has 4 N–H and O–H groups in total. The van der Waals surface area contributed by atoms with Gasteiger partial charge in [0.05, 0.1) is 0 Å². The molecule has 0 radical (unpaired) electrons. The SMILES string of the molecule is Cc1cc(Oc2ccccc2)ccc1C(C)CC(CN)CN. The Morgan fingerprint density at radius 1 is 0.955 bits per heavy atom. The Labute approximate surface area is 133 Å². The molecule has 0 aliphatic carbocycles. The van der Waals surface area contributed by atoms with E-state index < -0.39 is 0 Å². The van der Waals surface area contributed by atoms with E-state index in [0.717, 1.165) is 17.9 Å². The molecule has 2 aromatic rings. The van der Waals surface area contributed by atoms with Crippen LogP contribution in [0.2, 0.25) is 0 Å². The van der Waals surface area contributed by atoms with Crippen molar-refractivity contribution in [1.82, 2.24) is 0 Å². The number of para-hydroxylation sites is 1. The zero-order valence-electron chi connectivity index (χ0n) is 13.5. The van der Waals surface area contributed by atoms with Gasteiger partial charge in [-0.1, -0.05) is 31.2 Å². The molecule has 0 bridgehead atoms. The van der Waals surface area contributed by atoms with E-state index >= 15 is 0 Å². The van der Waals surface area contributed by atoms with Crippen molar-refractivity contribution in [2.24, 2.45) is 17.4 Å². The Morgan fingerprint density at radius 3 is 2.23 bits per heavy atom. The van der Waals surface area contributed by atoms with Gasteiger partial charge in [-0.3, -0.25) is 0 Å². The summed E-state index contributed by atoms with van der Waals surface area (Å²) in [6.45, 7) is 5.66. The van der Waals surface area contributed by atoms with Crippen LogP contribution in [0.5, 0.6) is 11.5 Å². The number of hydrogen-bond donors (Lipinski definition) is 2. The smallest absolute Gasteiger partial charge is 0.127 e. The van der Waals surface area contributed by atoms with Gasteiger partial charge in [-0.25, -0.2) is 0 Å². The molecule has 2 aromatic carbocycles. The van der Waals surface area contributed by atoms with E-state index in [4.69, 9.17) is 16.2 Å². The average molecular weight is 298 g/mol. The van der Waals surface area contributed by atoms with E-state index in [9.17, 15) is 0 Å². The Balaban J connectivity index is 2.09. The van der Waals surface area contributed by atoms with E-state index in [1.54, 1.807) is 0 Å². The number of aryl methyl sites for hydroxylation is 1. The first-order valence-corrected chi connectivity index (χ1v) is 7.87. The van der Waals surface area contributed by atoms with Gasteiger partial charge >= 0.3 is 0 Å². The maximum atomic E-state index is 5.88. The van der Waals surface area contributed by atoms with Gasteiger partial charge in [0.1, 0.15) is 11.5 Å². The standard InChI is InChI=1S/C19H26N2O/c1-14(10-16(12-20)13-21)19-9-8-18(11-15(19)2)22-17-6-4-3-5-7-17/h3-9,11,14,16H,10,12-13,20-21H2,1-2H3. The summed E-state index contributed by atoms with van der Waals surface area (Å²) < 4.78 is 5.88. The third-order valence-corrected chi connectivity index (χ3v) is 4.10. The third-order valence-electron chi connectivity index (χ3n) is 4.10. The summed E-state index contributed by atoms with van der Waals surface area (Å²) in [4.78, 5) is 0. The Kier molecular flexibility index (Phi) is 5.99. The van der Waals surface area contributed by atoms with Gasteiger partial charge in [-0.2, -0.15) is 0 Å². The number of hydrogen-bond acceptors (Lipinski definition) is 3. The van der Waals surface area contributed by atoms with Crippen LogP contribution < -0.4 is 16.2 Å². The van der Waals surface area contributed by atoms with Crippen molar-refractivity contribution in [3.63, 3.8) is 0 Å². The zero-order valence-corrected chi connectivity index (χ0v) is 13.5. The van der Waals surface area contributed by atoms with Crippen LogP contribution in [0.3, 0.4) is 0 Å². The molecule has 0 spiro atoms. The summed E-state index contributed by atoms with van der Waals surface area (Å²) in [5.41, 5.74) is 14.1. The van der Waals surface area contributed by atoms with Crippen molar-refractivity contribution in [3.05, 3.63) is 59.7 Å². The second-order valence-corrected chi connectivity index (χ2v) is 5.91. The molecule has 0 aromatic heterocycles. The minimum Gasteiger partial charge on any atom is -0.457 e. The highest BCUT2D eigenvalue weighted by Crippen LogP contribution is 2.30. The van der Waals surface area contributed by atoms with Crippen molar-refractivity contribution < 1.29 is 4.74 Å². The predicted molar refractivity (Wildman–Crippen MR) is 92.3 cm³/mol. The lowest BCUT2D eigenvalue weighted by atomic mass is 9.88. The minimum atomic E-state index is 0.384.